The zero-order valence-corrected chi connectivity index (χ0v) is 12.0. The molecule has 0 aliphatic heterocycles. The fourth-order valence-corrected chi connectivity index (χ4v) is 2.23. The number of nitriles is 1. The molecule has 0 fully saturated rings. The lowest BCUT2D eigenvalue weighted by atomic mass is 10.2. The fourth-order valence-electron chi connectivity index (χ4n) is 1.51. The maximum Gasteiger partial charge on any atom is 0.258 e. The van der Waals surface area contributed by atoms with Crippen LogP contribution in [-0.4, -0.2) is 30.6 Å². The predicted octanol–water partition coefficient (Wildman–Crippen LogP) is 2.19. The third kappa shape index (κ3) is 5.66. The van der Waals surface area contributed by atoms with Gasteiger partial charge in [-0.2, -0.15) is 17.0 Å². The molecule has 102 valence electrons. The van der Waals surface area contributed by atoms with Crippen LogP contribution >= 0.6 is 11.8 Å². The Morgan fingerprint density at radius 1 is 1.47 bits per heavy atom. The van der Waals surface area contributed by atoms with Crippen molar-refractivity contribution < 1.29 is 9.53 Å². The highest BCUT2D eigenvalue weighted by Crippen LogP contribution is 2.11. The van der Waals surface area contributed by atoms with Crippen LogP contribution in [0.4, 0.5) is 0 Å². The molecule has 0 aliphatic carbocycles. The quantitative estimate of drug-likeness (QED) is 0.830. The van der Waals surface area contributed by atoms with Gasteiger partial charge in [-0.3, -0.25) is 4.79 Å². The van der Waals surface area contributed by atoms with E-state index in [1.54, 1.807) is 36.0 Å². The van der Waals surface area contributed by atoms with E-state index >= 15 is 0 Å². The summed E-state index contributed by atoms with van der Waals surface area (Å²) in [5.74, 6) is 1.37. The maximum atomic E-state index is 11.7. The molecule has 19 heavy (non-hydrogen) atoms. The van der Waals surface area contributed by atoms with E-state index in [1.165, 1.54) is 0 Å². The van der Waals surface area contributed by atoms with Crippen LogP contribution in [0.1, 0.15) is 18.9 Å². The molecule has 0 spiro atoms. The molecule has 0 heterocycles. The largest absolute Gasteiger partial charge is 0.484 e. The zero-order chi connectivity index (χ0) is 14.1. The summed E-state index contributed by atoms with van der Waals surface area (Å²) >= 11 is 1.71. The average Bonchev–Trinajstić information content (AvgIpc) is 2.45. The molecule has 4 nitrogen and oxygen atoms in total. The molecule has 1 aromatic carbocycles. The van der Waals surface area contributed by atoms with Crippen molar-refractivity contribution in [1.82, 2.24) is 5.32 Å². The highest BCUT2D eigenvalue weighted by molar-refractivity contribution is 7.98. The van der Waals surface area contributed by atoms with Crippen LogP contribution in [-0.2, 0) is 4.79 Å². The Morgan fingerprint density at radius 2 is 2.16 bits per heavy atom. The first-order chi connectivity index (χ1) is 9.19. The van der Waals surface area contributed by atoms with Crippen molar-refractivity contribution in [1.29, 1.82) is 5.26 Å². The molecule has 1 amide bonds. The molecule has 0 saturated heterocycles. The molecular formula is C14H18N2O2S. The van der Waals surface area contributed by atoms with Crippen LogP contribution in [0, 0.1) is 11.3 Å². The number of carbonyl (C=O) groups excluding carboxylic acids is 1. The summed E-state index contributed by atoms with van der Waals surface area (Å²) in [6, 6.07) is 8.91. The van der Waals surface area contributed by atoms with Crippen LogP contribution in [0.3, 0.4) is 0 Å². The number of nitrogens with one attached hydrogen (secondary N) is 1. The minimum absolute atomic E-state index is 0.00319. The summed E-state index contributed by atoms with van der Waals surface area (Å²) in [5, 5.41) is 11.6. The Hall–Kier alpha value is -1.67. The lowest BCUT2D eigenvalue weighted by Crippen LogP contribution is -2.39. The van der Waals surface area contributed by atoms with Gasteiger partial charge in [-0.25, -0.2) is 0 Å². The third-order valence-corrected chi connectivity index (χ3v) is 3.31. The van der Waals surface area contributed by atoms with Gasteiger partial charge in [0.05, 0.1) is 11.6 Å². The molecule has 0 saturated carbocycles. The zero-order valence-electron chi connectivity index (χ0n) is 11.2. The van der Waals surface area contributed by atoms with Gasteiger partial charge in [0.25, 0.3) is 5.91 Å². The number of rotatable bonds is 7. The van der Waals surface area contributed by atoms with Gasteiger partial charge in [-0.15, -0.1) is 0 Å². The van der Waals surface area contributed by atoms with E-state index in [1.807, 2.05) is 19.2 Å². The Kier molecular flexibility index (Phi) is 6.83. The molecule has 1 N–H and O–H groups in total. The third-order valence-electron chi connectivity index (χ3n) is 2.58. The van der Waals surface area contributed by atoms with Crippen molar-refractivity contribution in [2.75, 3.05) is 18.6 Å². The van der Waals surface area contributed by atoms with E-state index in [4.69, 9.17) is 10.00 Å². The first-order valence-electron chi connectivity index (χ1n) is 6.10. The summed E-state index contributed by atoms with van der Waals surface area (Å²) in [7, 11) is 0. The summed E-state index contributed by atoms with van der Waals surface area (Å²) in [6.07, 6.45) is 2.92. The molecule has 1 rings (SSSR count). The van der Waals surface area contributed by atoms with E-state index in [-0.39, 0.29) is 18.6 Å². The Bertz CT molecular complexity index is 440. The van der Waals surface area contributed by atoms with Crippen molar-refractivity contribution in [2.24, 2.45) is 0 Å². The predicted molar refractivity (Wildman–Crippen MR) is 77.3 cm³/mol. The number of amides is 1. The Labute approximate surface area is 118 Å². The average molecular weight is 278 g/mol. The number of hydrogen-bond acceptors (Lipinski definition) is 4. The second-order valence-electron chi connectivity index (χ2n) is 4.05. The van der Waals surface area contributed by atoms with Gasteiger partial charge in [-0.1, -0.05) is 6.92 Å². The van der Waals surface area contributed by atoms with Crippen LogP contribution in [0.2, 0.25) is 0 Å². The summed E-state index contributed by atoms with van der Waals surface area (Å²) in [6.45, 7) is 2.04. The highest BCUT2D eigenvalue weighted by atomic mass is 32.2. The molecule has 5 heteroatoms. The summed E-state index contributed by atoms with van der Waals surface area (Å²) < 4.78 is 5.36. The smallest absolute Gasteiger partial charge is 0.258 e. The van der Waals surface area contributed by atoms with Gasteiger partial charge in [0.1, 0.15) is 5.75 Å². The Balaban J connectivity index is 2.38. The lowest BCUT2D eigenvalue weighted by molar-refractivity contribution is -0.123. The summed E-state index contributed by atoms with van der Waals surface area (Å²) in [4.78, 5) is 11.7. The normalized spacial score (nSPS) is 11.4. The molecule has 1 aromatic rings. The van der Waals surface area contributed by atoms with E-state index in [0.29, 0.717) is 11.3 Å². The SMILES string of the molecule is CCC(CSC)NC(=O)COc1ccc(C#N)cc1. The maximum absolute atomic E-state index is 11.7. The van der Waals surface area contributed by atoms with Gasteiger partial charge < -0.3 is 10.1 Å². The molecule has 0 bridgehead atoms. The molecule has 1 unspecified atom stereocenters. The number of ether oxygens (including phenoxy) is 1. The second-order valence-corrected chi connectivity index (χ2v) is 4.96. The molecule has 0 aromatic heterocycles. The van der Waals surface area contributed by atoms with Gasteiger partial charge >= 0.3 is 0 Å². The number of nitrogens with zero attached hydrogens (tertiary/aromatic N) is 1. The van der Waals surface area contributed by atoms with E-state index in [0.717, 1.165) is 12.2 Å². The molecule has 0 aliphatic rings. The lowest BCUT2D eigenvalue weighted by Gasteiger charge is -2.15. The first kappa shape index (κ1) is 15.4. The van der Waals surface area contributed by atoms with Crippen LogP contribution in [0.5, 0.6) is 5.75 Å². The molecule has 0 radical (unpaired) electrons. The van der Waals surface area contributed by atoms with Gasteiger partial charge in [0.15, 0.2) is 6.61 Å². The first-order valence-corrected chi connectivity index (χ1v) is 7.50. The van der Waals surface area contributed by atoms with Crippen molar-refractivity contribution in [3.8, 4) is 11.8 Å². The monoisotopic (exact) mass is 278 g/mol. The van der Waals surface area contributed by atoms with Crippen LogP contribution < -0.4 is 10.1 Å². The number of hydrogen-bond donors (Lipinski definition) is 1. The minimum atomic E-state index is -0.120. The van der Waals surface area contributed by atoms with Crippen molar-refractivity contribution in [2.45, 2.75) is 19.4 Å². The van der Waals surface area contributed by atoms with Crippen LogP contribution in [0.15, 0.2) is 24.3 Å². The summed E-state index contributed by atoms with van der Waals surface area (Å²) in [5.41, 5.74) is 0.572. The highest BCUT2D eigenvalue weighted by Gasteiger charge is 2.10. The minimum Gasteiger partial charge on any atom is -0.484 e. The second kappa shape index (κ2) is 8.44. The van der Waals surface area contributed by atoms with E-state index in [2.05, 4.69) is 5.32 Å². The topological polar surface area (TPSA) is 62.1 Å². The van der Waals surface area contributed by atoms with Crippen molar-refractivity contribution in [3.63, 3.8) is 0 Å². The van der Waals surface area contributed by atoms with Crippen LogP contribution in [0.25, 0.3) is 0 Å². The fraction of sp³-hybridized carbons (Fsp3) is 0.429. The van der Waals surface area contributed by atoms with E-state index < -0.39 is 0 Å². The van der Waals surface area contributed by atoms with Gasteiger partial charge in [-0.05, 0) is 36.9 Å². The number of carbonyl (C=O) groups is 1. The van der Waals surface area contributed by atoms with Crippen molar-refractivity contribution >= 4 is 17.7 Å². The van der Waals surface area contributed by atoms with Gasteiger partial charge in [0, 0.05) is 11.8 Å². The Morgan fingerprint density at radius 3 is 2.68 bits per heavy atom. The standard InChI is InChI=1S/C14H18N2O2S/c1-3-12(10-19-2)16-14(17)9-18-13-6-4-11(8-15)5-7-13/h4-7,12H,3,9-10H2,1-2H3,(H,16,17). The van der Waals surface area contributed by atoms with Crippen molar-refractivity contribution in [3.05, 3.63) is 29.8 Å². The van der Waals surface area contributed by atoms with Gasteiger partial charge in [0.2, 0.25) is 0 Å². The molecular weight excluding hydrogens is 260 g/mol. The van der Waals surface area contributed by atoms with E-state index in [9.17, 15) is 4.79 Å². The molecule has 1 atom stereocenters. The number of benzene rings is 1. The number of thioether (sulfide) groups is 1.